The van der Waals surface area contributed by atoms with Crippen LogP contribution in [0.5, 0.6) is 0 Å². The van der Waals surface area contributed by atoms with E-state index >= 15 is 0 Å². The van der Waals surface area contributed by atoms with E-state index in [1.54, 1.807) is 11.8 Å². The van der Waals surface area contributed by atoms with Crippen molar-refractivity contribution in [2.24, 2.45) is 11.8 Å². The molecular weight excluding hydrogens is 427 g/mol. The molecule has 0 saturated carbocycles. The highest BCUT2D eigenvalue weighted by atomic mass is 32.1. The summed E-state index contributed by atoms with van der Waals surface area (Å²) in [5, 5.41) is 0.575. The molecule has 1 atom stereocenters. The molecule has 168 valence electrons. The van der Waals surface area contributed by atoms with Gasteiger partial charge in [-0.2, -0.15) is 13.2 Å². The summed E-state index contributed by atoms with van der Waals surface area (Å²) < 4.78 is 38.9. The SMILES string of the molecule is Cc1c(C(=O)N2CCC(C(=O)N3CCCC(C)C3)CC2)sc2nc(C(F)(F)F)ccc12. The van der Waals surface area contributed by atoms with Gasteiger partial charge in [0.15, 0.2) is 0 Å². The Hall–Kier alpha value is -2.16. The molecule has 2 aromatic rings. The Labute approximate surface area is 183 Å². The highest BCUT2D eigenvalue weighted by Gasteiger charge is 2.35. The van der Waals surface area contributed by atoms with E-state index in [-0.39, 0.29) is 22.6 Å². The molecule has 4 heterocycles. The van der Waals surface area contributed by atoms with Crippen LogP contribution in [0.1, 0.15) is 53.5 Å². The van der Waals surface area contributed by atoms with Crippen LogP contribution in [0.3, 0.4) is 0 Å². The number of hydrogen-bond acceptors (Lipinski definition) is 4. The Morgan fingerprint density at radius 1 is 1.10 bits per heavy atom. The summed E-state index contributed by atoms with van der Waals surface area (Å²) in [6, 6.07) is 2.34. The first-order valence-electron chi connectivity index (χ1n) is 10.7. The third-order valence-corrected chi connectivity index (χ3v) is 7.58. The van der Waals surface area contributed by atoms with Crippen LogP contribution in [-0.4, -0.2) is 52.8 Å². The van der Waals surface area contributed by atoms with Crippen molar-refractivity contribution in [2.45, 2.75) is 45.7 Å². The van der Waals surface area contributed by atoms with E-state index in [2.05, 4.69) is 11.9 Å². The molecule has 31 heavy (non-hydrogen) atoms. The van der Waals surface area contributed by atoms with E-state index in [4.69, 9.17) is 0 Å². The molecule has 5 nitrogen and oxygen atoms in total. The van der Waals surface area contributed by atoms with Crippen LogP contribution in [-0.2, 0) is 11.0 Å². The Kier molecular flexibility index (Phi) is 5.98. The lowest BCUT2D eigenvalue weighted by atomic mass is 9.92. The molecule has 2 amide bonds. The minimum atomic E-state index is -4.52. The average molecular weight is 454 g/mol. The quantitative estimate of drug-likeness (QED) is 0.660. The molecule has 0 radical (unpaired) electrons. The monoisotopic (exact) mass is 453 g/mol. The average Bonchev–Trinajstić information content (AvgIpc) is 3.08. The predicted molar refractivity (Wildman–Crippen MR) is 113 cm³/mol. The van der Waals surface area contributed by atoms with Crippen LogP contribution in [0, 0.1) is 18.8 Å². The van der Waals surface area contributed by atoms with Crippen molar-refractivity contribution in [3.8, 4) is 0 Å². The summed E-state index contributed by atoms with van der Waals surface area (Å²) in [7, 11) is 0. The number of alkyl halides is 3. The van der Waals surface area contributed by atoms with Gasteiger partial charge in [-0.3, -0.25) is 9.59 Å². The number of halogens is 3. The molecule has 1 unspecified atom stereocenters. The minimum absolute atomic E-state index is 0.0612. The summed E-state index contributed by atoms with van der Waals surface area (Å²) in [6.07, 6.45) is -1.08. The summed E-state index contributed by atoms with van der Waals surface area (Å²) in [4.78, 5) is 34.0. The normalized spacial score (nSPS) is 21.0. The van der Waals surface area contributed by atoms with Crippen LogP contribution >= 0.6 is 11.3 Å². The zero-order valence-electron chi connectivity index (χ0n) is 17.7. The van der Waals surface area contributed by atoms with Gasteiger partial charge in [0.05, 0.1) is 4.88 Å². The Balaban J connectivity index is 1.44. The summed E-state index contributed by atoms with van der Waals surface area (Å²) in [5.74, 6) is 0.475. The molecule has 9 heteroatoms. The molecule has 0 bridgehead atoms. The summed E-state index contributed by atoms with van der Waals surface area (Å²) in [6.45, 7) is 6.50. The number of nitrogens with zero attached hydrogens (tertiary/aromatic N) is 3. The molecule has 0 spiro atoms. The van der Waals surface area contributed by atoms with Gasteiger partial charge in [0.1, 0.15) is 10.5 Å². The molecular formula is C22H26F3N3O2S. The van der Waals surface area contributed by atoms with Gasteiger partial charge in [0, 0.05) is 37.5 Å². The molecule has 2 saturated heterocycles. The van der Waals surface area contributed by atoms with E-state index < -0.39 is 11.9 Å². The van der Waals surface area contributed by atoms with E-state index in [0.29, 0.717) is 47.7 Å². The number of hydrogen-bond donors (Lipinski definition) is 0. The first-order chi connectivity index (χ1) is 14.6. The Morgan fingerprint density at radius 3 is 2.45 bits per heavy atom. The van der Waals surface area contributed by atoms with Gasteiger partial charge in [-0.1, -0.05) is 6.92 Å². The van der Waals surface area contributed by atoms with Gasteiger partial charge in [-0.15, -0.1) is 11.3 Å². The van der Waals surface area contributed by atoms with Gasteiger partial charge >= 0.3 is 6.18 Å². The molecule has 2 fully saturated rings. The van der Waals surface area contributed by atoms with Crippen LogP contribution in [0.2, 0.25) is 0 Å². The number of carbonyl (C=O) groups excluding carboxylic acids is 2. The van der Waals surface area contributed by atoms with E-state index in [1.165, 1.54) is 6.07 Å². The maximum atomic E-state index is 13.1. The zero-order chi connectivity index (χ0) is 22.3. The van der Waals surface area contributed by atoms with Crippen molar-refractivity contribution in [1.29, 1.82) is 0 Å². The number of thiophene rings is 1. The Morgan fingerprint density at radius 2 is 1.81 bits per heavy atom. The van der Waals surface area contributed by atoms with E-state index in [9.17, 15) is 22.8 Å². The number of pyridine rings is 1. The maximum absolute atomic E-state index is 13.1. The van der Waals surface area contributed by atoms with E-state index in [1.807, 2.05) is 4.90 Å². The molecule has 0 aromatic carbocycles. The number of likely N-dealkylation sites (tertiary alicyclic amines) is 2. The first kappa shape index (κ1) is 22.0. The first-order valence-corrected chi connectivity index (χ1v) is 11.5. The number of rotatable bonds is 2. The molecule has 4 rings (SSSR count). The van der Waals surface area contributed by atoms with Gasteiger partial charge in [0.25, 0.3) is 5.91 Å². The van der Waals surface area contributed by atoms with Crippen LogP contribution in [0.15, 0.2) is 12.1 Å². The third kappa shape index (κ3) is 4.42. The number of amides is 2. The highest BCUT2D eigenvalue weighted by molar-refractivity contribution is 7.20. The molecule has 2 aromatic heterocycles. The van der Waals surface area contributed by atoms with Gasteiger partial charge in [0.2, 0.25) is 5.91 Å². The zero-order valence-corrected chi connectivity index (χ0v) is 18.5. The molecule has 0 N–H and O–H groups in total. The standard InChI is InChI=1S/C22H26F3N3O2S/c1-13-4-3-9-28(12-13)20(29)15-7-10-27(11-8-15)21(30)18-14(2)16-5-6-17(22(23,24)25)26-19(16)31-18/h5-6,13,15H,3-4,7-12H2,1-2H3. The lowest BCUT2D eigenvalue weighted by Gasteiger charge is -2.37. The smallest absolute Gasteiger partial charge is 0.342 e. The van der Waals surface area contributed by atoms with Crippen molar-refractivity contribution in [3.63, 3.8) is 0 Å². The number of piperidine rings is 2. The Bertz CT molecular complexity index is 996. The number of aryl methyl sites for hydroxylation is 1. The van der Waals surface area contributed by atoms with E-state index in [0.717, 1.165) is 43.3 Å². The largest absolute Gasteiger partial charge is 0.433 e. The van der Waals surface area contributed by atoms with Crippen molar-refractivity contribution in [2.75, 3.05) is 26.2 Å². The van der Waals surface area contributed by atoms with Gasteiger partial charge in [-0.05, 0) is 56.2 Å². The molecule has 0 aliphatic carbocycles. The second-order valence-electron chi connectivity index (χ2n) is 8.70. The number of aromatic nitrogens is 1. The van der Waals surface area contributed by atoms with Crippen LogP contribution in [0.4, 0.5) is 13.2 Å². The predicted octanol–water partition coefficient (Wildman–Crippen LogP) is 4.73. The second-order valence-corrected chi connectivity index (χ2v) is 9.70. The van der Waals surface area contributed by atoms with Crippen molar-refractivity contribution in [3.05, 3.63) is 28.3 Å². The van der Waals surface area contributed by atoms with Crippen molar-refractivity contribution < 1.29 is 22.8 Å². The lowest BCUT2D eigenvalue weighted by Crippen LogP contribution is -2.46. The number of carbonyl (C=O) groups is 2. The fourth-order valence-corrected chi connectivity index (χ4v) is 5.73. The maximum Gasteiger partial charge on any atom is 0.433 e. The number of fused-ring (bicyclic) bond motifs is 1. The third-order valence-electron chi connectivity index (χ3n) is 6.39. The van der Waals surface area contributed by atoms with Crippen molar-refractivity contribution in [1.82, 2.24) is 14.8 Å². The molecule has 2 aliphatic heterocycles. The van der Waals surface area contributed by atoms with Crippen molar-refractivity contribution >= 4 is 33.4 Å². The summed E-state index contributed by atoms with van der Waals surface area (Å²) >= 11 is 1.01. The minimum Gasteiger partial charge on any atom is -0.342 e. The topological polar surface area (TPSA) is 53.5 Å². The fraction of sp³-hybridized carbons (Fsp3) is 0.591. The van der Waals surface area contributed by atoms with Crippen LogP contribution < -0.4 is 0 Å². The van der Waals surface area contributed by atoms with Gasteiger partial charge in [-0.25, -0.2) is 4.98 Å². The molecule has 2 aliphatic rings. The lowest BCUT2D eigenvalue weighted by molar-refractivity contribution is -0.141. The van der Waals surface area contributed by atoms with Crippen LogP contribution in [0.25, 0.3) is 10.2 Å². The van der Waals surface area contributed by atoms with Gasteiger partial charge < -0.3 is 9.80 Å². The highest BCUT2D eigenvalue weighted by Crippen LogP contribution is 2.35. The fourth-order valence-electron chi connectivity index (χ4n) is 4.58. The second kappa shape index (κ2) is 8.41. The summed E-state index contributed by atoms with van der Waals surface area (Å²) in [5.41, 5.74) is -0.293.